The third-order valence-electron chi connectivity index (χ3n) is 8.48. The van der Waals surface area contributed by atoms with Gasteiger partial charge < -0.3 is 19.8 Å². The fourth-order valence-corrected chi connectivity index (χ4v) is 10.2. The van der Waals surface area contributed by atoms with Crippen LogP contribution in [-0.2, 0) is 14.4 Å². The molecular formula is C28H44BrN3O4S. The Hall–Kier alpha value is -1.32. The van der Waals surface area contributed by atoms with Crippen LogP contribution < -0.4 is 0 Å². The molecule has 0 radical (unpaired) electrons. The molecule has 0 aliphatic carbocycles. The van der Waals surface area contributed by atoms with Gasteiger partial charge in [0.25, 0.3) is 0 Å². The fourth-order valence-electron chi connectivity index (χ4n) is 6.58. The molecule has 3 saturated heterocycles. The fraction of sp³-hybridized carbons (Fsp3) is 0.750. The number of likely N-dealkylation sites (tertiary alicyclic amines) is 1. The molecule has 9 heteroatoms. The molecule has 0 aromatic heterocycles. The Bertz CT molecular complexity index is 901. The van der Waals surface area contributed by atoms with Crippen LogP contribution in [0.15, 0.2) is 25.3 Å². The van der Waals surface area contributed by atoms with Gasteiger partial charge in [0.05, 0.1) is 29.2 Å². The molecule has 1 spiro atoms. The van der Waals surface area contributed by atoms with E-state index in [1.54, 1.807) is 38.6 Å². The number of aliphatic hydroxyl groups is 1. The predicted octanol–water partition coefficient (Wildman–Crippen LogP) is 3.71. The summed E-state index contributed by atoms with van der Waals surface area (Å²) < 4.78 is -0.728. The van der Waals surface area contributed by atoms with Crippen LogP contribution >= 0.6 is 27.7 Å². The van der Waals surface area contributed by atoms with Crippen molar-refractivity contribution in [1.29, 1.82) is 0 Å². The highest BCUT2D eigenvalue weighted by Gasteiger charge is 2.76. The summed E-state index contributed by atoms with van der Waals surface area (Å²) in [5, 5.41) is 10.4. The maximum Gasteiger partial charge on any atom is 0.247 e. The molecule has 3 heterocycles. The minimum Gasteiger partial charge on any atom is -0.394 e. The van der Waals surface area contributed by atoms with Crippen LogP contribution in [0.3, 0.4) is 0 Å². The molecule has 3 aliphatic heterocycles. The average Bonchev–Trinajstić information content (AvgIpc) is 3.45. The molecule has 3 rings (SSSR count). The van der Waals surface area contributed by atoms with Gasteiger partial charge in [-0.1, -0.05) is 55.3 Å². The monoisotopic (exact) mass is 597 g/mol. The van der Waals surface area contributed by atoms with Crippen molar-refractivity contribution in [3.8, 4) is 0 Å². The van der Waals surface area contributed by atoms with Crippen molar-refractivity contribution in [3.05, 3.63) is 25.3 Å². The van der Waals surface area contributed by atoms with Crippen molar-refractivity contribution in [3.63, 3.8) is 0 Å². The van der Waals surface area contributed by atoms with Crippen LogP contribution in [0.4, 0.5) is 0 Å². The van der Waals surface area contributed by atoms with E-state index in [9.17, 15) is 19.5 Å². The molecule has 37 heavy (non-hydrogen) atoms. The van der Waals surface area contributed by atoms with Gasteiger partial charge in [0.1, 0.15) is 6.04 Å². The number of carbonyl (C=O) groups excluding carboxylic acids is 3. The van der Waals surface area contributed by atoms with Gasteiger partial charge in [0, 0.05) is 35.8 Å². The van der Waals surface area contributed by atoms with Crippen molar-refractivity contribution < 1.29 is 19.5 Å². The zero-order valence-corrected chi connectivity index (χ0v) is 25.3. The van der Waals surface area contributed by atoms with E-state index in [2.05, 4.69) is 29.1 Å². The van der Waals surface area contributed by atoms with E-state index in [0.29, 0.717) is 26.1 Å². The van der Waals surface area contributed by atoms with Crippen LogP contribution in [0, 0.1) is 17.8 Å². The maximum atomic E-state index is 14.4. The summed E-state index contributed by atoms with van der Waals surface area (Å²) in [5.41, 5.74) is 0. The number of halogens is 1. The topological polar surface area (TPSA) is 81.2 Å². The summed E-state index contributed by atoms with van der Waals surface area (Å²) in [5.74, 6) is -1.44. The molecule has 0 aromatic rings. The first-order valence-corrected chi connectivity index (χ1v) is 15.4. The summed E-state index contributed by atoms with van der Waals surface area (Å²) >= 11 is 5.49. The SMILES string of the molecule is C=CCN(CCC)C(=O)[C@H]1[C@H]2C(=O)N([C@@H](CO)[C@@H](C)CC)C(C(=O)N(CC=C)C(C)C)C23CC(Br)[C@@H]1S3. The second-order valence-electron chi connectivity index (χ2n) is 11.0. The van der Waals surface area contributed by atoms with Gasteiger partial charge in [0.15, 0.2) is 0 Å². The minimum atomic E-state index is -0.745. The first-order chi connectivity index (χ1) is 17.6. The maximum absolute atomic E-state index is 14.4. The first kappa shape index (κ1) is 30.2. The molecule has 1 N–H and O–H groups in total. The van der Waals surface area contributed by atoms with Crippen molar-refractivity contribution >= 4 is 45.4 Å². The van der Waals surface area contributed by atoms with Gasteiger partial charge in [-0.3, -0.25) is 14.4 Å². The Morgan fingerprint density at radius 3 is 2.38 bits per heavy atom. The summed E-state index contributed by atoms with van der Waals surface area (Å²) in [6.07, 6.45) is 5.64. The molecule has 0 saturated carbocycles. The van der Waals surface area contributed by atoms with E-state index >= 15 is 0 Å². The molecule has 2 bridgehead atoms. The Morgan fingerprint density at radius 1 is 1.22 bits per heavy atom. The quantitative estimate of drug-likeness (QED) is 0.258. The standard InChI is InChI=1S/C28H44BrN3O4S/c1-8-12-30(13-9-2)25(34)21-22-26(35)32(20(16-33)18(7)11-4)24(27(36)31(14-10-3)17(5)6)28(22)15-19(29)23(21)37-28/h8,10,17-24,33H,1,3,9,11-16H2,2,4-7H3/t18-,19?,20-,21-,22-,23-,24?,28?/m0/s1. The Labute approximate surface area is 235 Å². The highest BCUT2D eigenvalue weighted by molar-refractivity contribution is 9.09. The lowest BCUT2D eigenvalue weighted by molar-refractivity contribution is -0.148. The second kappa shape index (κ2) is 12.2. The number of carbonyl (C=O) groups is 3. The van der Waals surface area contributed by atoms with Gasteiger partial charge in [-0.2, -0.15) is 0 Å². The van der Waals surface area contributed by atoms with E-state index in [4.69, 9.17) is 0 Å². The molecule has 208 valence electrons. The summed E-state index contributed by atoms with van der Waals surface area (Å²) in [4.78, 5) is 48.1. The number of thioether (sulfide) groups is 1. The largest absolute Gasteiger partial charge is 0.394 e. The molecule has 3 unspecified atom stereocenters. The highest BCUT2D eigenvalue weighted by atomic mass is 79.9. The zero-order valence-electron chi connectivity index (χ0n) is 22.9. The van der Waals surface area contributed by atoms with Gasteiger partial charge >= 0.3 is 0 Å². The summed E-state index contributed by atoms with van der Waals surface area (Å²) in [6, 6.07) is -1.32. The highest BCUT2D eigenvalue weighted by Crippen LogP contribution is 2.68. The van der Waals surface area contributed by atoms with Gasteiger partial charge in [-0.15, -0.1) is 24.9 Å². The number of aliphatic hydroxyl groups excluding tert-OH is 1. The van der Waals surface area contributed by atoms with Gasteiger partial charge in [-0.05, 0) is 32.6 Å². The number of fused-ring (bicyclic) bond motifs is 1. The lowest BCUT2D eigenvalue weighted by atomic mass is 9.70. The normalized spacial score (nSPS) is 31.8. The van der Waals surface area contributed by atoms with E-state index in [-0.39, 0.29) is 46.4 Å². The number of rotatable bonds is 13. The third-order valence-corrected chi connectivity index (χ3v) is 11.7. The van der Waals surface area contributed by atoms with E-state index in [1.165, 1.54) is 0 Å². The molecule has 3 aliphatic rings. The van der Waals surface area contributed by atoms with Crippen LogP contribution in [0.5, 0.6) is 0 Å². The Balaban J connectivity index is 2.17. The molecular weight excluding hydrogens is 554 g/mol. The predicted molar refractivity (Wildman–Crippen MR) is 153 cm³/mol. The number of nitrogens with zero attached hydrogens (tertiary/aromatic N) is 3. The Morgan fingerprint density at radius 2 is 1.86 bits per heavy atom. The minimum absolute atomic E-state index is 0.000134. The second-order valence-corrected chi connectivity index (χ2v) is 13.7. The average molecular weight is 599 g/mol. The van der Waals surface area contributed by atoms with Gasteiger partial charge in [-0.25, -0.2) is 0 Å². The molecule has 8 atom stereocenters. The summed E-state index contributed by atoms with van der Waals surface area (Å²) in [6.45, 7) is 18.9. The molecule has 7 nitrogen and oxygen atoms in total. The van der Waals surface area contributed by atoms with E-state index in [0.717, 1.165) is 12.8 Å². The molecule has 3 fully saturated rings. The molecule has 0 aromatic carbocycles. The van der Waals surface area contributed by atoms with E-state index < -0.39 is 28.7 Å². The Kier molecular flexibility index (Phi) is 10.0. The van der Waals surface area contributed by atoms with Crippen molar-refractivity contribution in [1.82, 2.24) is 14.7 Å². The number of hydrogen-bond acceptors (Lipinski definition) is 5. The first-order valence-electron chi connectivity index (χ1n) is 13.6. The van der Waals surface area contributed by atoms with Crippen LogP contribution in [-0.4, -0.2) is 96.7 Å². The third kappa shape index (κ3) is 5.05. The van der Waals surface area contributed by atoms with Gasteiger partial charge in [0.2, 0.25) is 17.7 Å². The zero-order chi connectivity index (χ0) is 27.7. The van der Waals surface area contributed by atoms with Crippen LogP contribution in [0.1, 0.15) is 53.9 Å². The van der Waals surface area contributed by atoms with Crippen LogP contribution in [0.2, 0.25) is 0 Å². The van der Waals surface area contributed by atoms with E-state index in [1.807, 2.05) is 34.6 Å². The number of alkyl halides is 1. The van der Waals surface area contributed by atoms with Crippen LogP contribution in [0.25, 0.3) is 0 Å². The number of amides is 3. The van der Waals surface area contributed by atoms with Crippen molar-refractivity contribution in [2.24, 2.45) is 17.8 Å². The van der Waals surface area contributed by atoms with Crippen molar-refractivity contribution in [2.45, 2.75) is 86.8 Å². The number of hydrogen-bond donors (Lipinski definition) is 1. The summed E-state index contributed by atoms with van der Waals surface area (Å²) in [7, 11) is 0. The molecule has 3 amide bonds. The lowest BCUT2D eigenvalue weighted by Gasteiger charge is -2.42. The lowest BCUT2D eigenvalue weighted by Crippen LogP contribution is -2.59. The smallest absolute Gasteiger partial charge is 0.247 e. The van der Waals surface area contributed by atoms with Crippen molar-refractivity contribution in [2.75, 3.05) is 26.2 Å².